The van der Waals surface area contributed by atoms with Crippen molar-refractivity contribution in [1.82, 2.24) is 14.5 Å². The predicted octanol–water partition coefficient (Wildman–Crippen LogP) is 1.48. The zero-order valence-electron chi connectivity index (χ0n) is 11.2. The van der Waals surface area contributed by atoms with E-state index in [0.717, 1.165) is 17.1 Å². The summed E-state index contributed by atoms with van der Waals surface area (Å²) in [7, 11) is 0. The normalized spacial score (nSPS) is 15.2. The molecule has 0 saturated carbocycles. The van der Waals surface area contributed by atoms with E-state index in [0.29, 0.717) is 6.54 Å². The van der Waals surface area contributed by atoms with Crippen molar-refractivity contribution in [3.05, 3.63) is 48.0 Å². The van der Waals surface area contributed by atoms with Crippen molar-refractivity contribution in [2.24, 2.45) is 0 Å². The Hall–Kier alpha value is -2.43. The topological polar surface area (TPSA) is 55.2 Å². The summed E-state index contributed by atoms with van der Waals surface area (Å²) in [5, 5.41) is 0. The van der Waals surface area contributed by atoms with E-state index in [4.69, 9.17) is 0 Å². The molecule has 0 atom stereocenters. The molecule has 5 heteroatoms. The van der Waals surface area contributed by atoms with E-state index in [2.05, 4.69) is 4.98 Å². The molecule has 0 N–H and O–H groups in total. The number of carbonyl (C=O) groups excluding carboxylic acids is 2. The average Bonchev–Trinajstić information content (AvgIpc) is 2.97. The molecule has 0 bridgehead atoms. The monoisotopic (exact) mass is 269 g/mol. The van der Waals surface area contributed by atoms with Crippen LogP contribution in [0.25, 0.3) is 5.69 Å². The van der Waals surface area contributed by atoms with Crippen molar-refractivity contribution in [2.45, 2.75) is 19.9 Å². The highest BCUT2D eigenvalue weighted by atomic mass is 16.2. The van der Waals surface area contributed by atoms with Crippen LogP contribution in [-0.2, 0) is 16.1 Å². The lowest BCUT2D eigenvalue weighted by molar-refractivity contribution is -0.128. The maximum Gasteiger partial charge on any atom is 0.230 e. The number of hydrogen-bond acceptors (Lipinski definition) is 3. The van der Waals surface area contributed by atoms with Crippen LogP contribution in [0.4, 0.5) is 0 Å². The molecule has 0 radical (unpaired) electrons. The van der Waals surface area contributed by atoms with Crippen LogP contribution in [0.3, 0.4) is 0 Å². The molecule has 0 aliphatic carbocycles. The number of Topliss-reactive ketones (excluding diaryl/α,β-unsaturated/α-hetero) is 1. The summed E-state index contributed by atoms with van der Waals surface area (Å²) in [6.07, 6.45) is 3.67. The molecular weight excluding hydrogens is 254 g/mol. The first kappa shape index (κ1) is 12.6. The van der Waals surface area contributed by atoms with Crippen LogP contribution in [0, 0.1) is 6.92 Å². The van der Waals surface area contributed by atoms with Gasteiger partial charge in [0.2, 0.25) is 5.91 Å². The van der Waals surface area contributed by atoms with Crippen molar-refractivity contribution >= 4 is 11.7 Å². The first-order chi connectivity index (χ1) is 9.65. The van der Waals surface area contributed by atoms with Crippen molar-refractivity contribution in [3.8, 4) is 5.69 Å². The Bertz CT molecular complexity index is 675. The zero-order chi connectivity index (χ0) is 14.1. The van der Waals surface area contributed by atoms with Gasteiger partial charge in [-0.2, -0.15) is 0 Å². The number of aryl methyl sites for hydroxylation is 1. The first-order valence-corrected chi connectivity index (χ1v) is 6.53. The average molecular weight is 269 g/mol. The fraction of sp³-hybridized carbons (Fsp3) is 0.267. The van der Waals surface area contributed by atoms with E-state index in [1.165, 1.54) is 0 Å². The second kappa shape index (κ2) is 4.92. The molecule has 102 valence electrons. The Morgan fingerprint density at radius 1 is 1.25 bits per heavy atom. The van der Waals surface area contributed by atoms with E-state index in [9.17, 15) is 9.59 Å². The fourth-order valence-corrected chi connectivity index (χ4v) is 2.50. The summed E-state index contributed by atoms with van der Waals surface area (Å²) in [5.41, 5.74) is 2.01. The van der Waals surface area contributed by atoms with E-state index in [1.807, 2.05) is 42.0 Å². The van der Waals surface area contributed by atoms with Gasteiger partial charge in [-0.15, -0.1) is 0 Å². The van der Waals surface area contributed by atoms with Gasteiger partial charge in [-0.05, 0) is 18.6 Å². The Balaban J connectivity index is 1.93. The second-order valence-electron chi connectivity index (χ2n) is 4.94. The lowest BCUT2D eigenvalue weighted by Gasteiger charge is -2.18. The van der Waals surface area contributed by atoms with Gasteiger partial charge in [-0.3, -0.25) is 9.59 Å². The van der Waals surface area contributed by atoms with Gasteiger partial charge in [-0.1, -0.05) is 18.2 Å². The third kappa shape index (κ3) is 2.22. The van der Waals surface area contributed by atoms with Crippen molar-refractivity contribution in [3.63, 3.8) is 0 Å². The number of hydrogen-bond donors (Lipinski definition) is 0. The lowest BCUT2D eigenvalue weighted by atomic mass is 10.1. The smallest absolute Gasteiger partial charge is 0.230 e. The third-order valence-corrected chi connectivity index (χ3v) is 3.51. The van der Waals surface area contributed by atoms with Crippen LogP contribution in [0.15, 0.2) is 36.7 Å². The number of nitrogens with zero attached hydrogens (tertiary/aromatic N) is 3. The summed E-state index contributed by atoms with van der Waals surface area (Å²) < 4.78 is 1.98. The lowest BCUT2D eigenvalue weighted by Crippen LogP contribution is -2.25. The van der Waals surface area contributed by atoms with Crippen molar-refractivity contribution in [2.75, 3.05) is 6.54 Å². The quantitative estimate of drug-likeness (QED) is 0.793. The minimum atomic E-state index is -0.0906. The molecule has 5 nitrogen and oxygen atoms in total. The maximum atomic E-state index is 11.7. The van der Waals surface area contributed by atoms with Gasteiger partial charge in [0.15, 0.2) is 5.78 Å². The summed E-state index contributed by atoms with van der Waals surface area (Å²) in [6, 6.07) is 7.86. The van der Waals surface area contributed by atoms with Gasteiger partial charge in [0.1, 0.15) is 5.82 Å². The number of aromatic nitrogens is 2. The van der Waals surface area contributed by atoms with E-state index >= 15 is 0 Å². The number of likely N-dealkylation sites (tertiary alicyclic amines) is 1. The molecule has 1 aliphatic rings. The van der Waals surface area contributed by atoms with Gasteiger partial charge in [-0.25, -0.2) is 4.98 Å². The van der Waals surface area contributed by atoms with Crippen LogP contribution < -0.4 is 0 Å². The van der Waals surface area contributed by atoms with Crippen LogP contribution in [0.1, 0.15) is 17.8 Å². The number of ketones is 1. The highest BCUT2D eigenvalue weighted by Crippen LogP contribution is 2.20. The standard InChI is InChI=1S/C15H15N3O2/c1-11-16-6-7-18(11)14-5-3-2-4-12(14)9-17-10-13(19)8-15(17)20/h2-7H,8-10H2,1H3. The molecule has 1 amide bonds. The minimum Gasteiger partial charge on any atom is -0.331 e. The number of amides is 1. The predicted molar refractivity (Wildman–Crippen MR) is 73.3 cm³/mol. The molecule has 1 aromatic carbocycles. The van der Waals surface area contributed by atoms with Gasteiger partial charge >= 0.3 is 0 Å². The SMILES string of the molecule is Cc1nccn1-c1ccccc1CN1CC(=O)CC1=O. The van der Waals surface area contributed by atoms with E-state index in [1.54, 1.807) is 11.1 Å². The Kier molecular flexibility index (Phi) is 3.10. The van der Waals surface area contributed by atoms with Crippen molar-refractivity contribution < 1.29 is 9.59 Å². The number of carbonyl (C=O) groups is 2. The molecule has 1 fully saturated rings. The Morgan fingerprint density at radius 2 is 2.05 bits per heavy atom. The van der Waals surface area contributed by atoms with E-state index < -0.39 is 0 Å². The second-order valence-corrected chi connectivity index (χ2v) is 4.94. The molecule has 2 aromatic rings. The number of rotatable bonds is 3. The largest absolute Gasteiger partial charge is 0.331 e. The Labute approximate surface area is 116 Å². The summed E-state index contributed by atoms with van der Waals surface area (Å²) >= 11 is 0. The molecule has 3 rings (SSSR count). The number of benzene rings is 1. The zero-order valence-corrected chi connectivity index (χ0v) is 11.2. The van der Waals surface area contributed by atoms with Crippen LogP contribution in [0.2, 0.25) is 0 Å². The summed E-state index contributed by atoms with van der Waals surface area (Å²) in [6.45, 7) is 2.61. The van der Waals surface area contributed by atoms with Crippen LogP contribution in [0.5, 0.6) is 0 Å². The summed E-state index contributed by atoms with van der Waals surface area (Å²) in [5.74, 6) is 0.791. The maximum absolute atomic E-state index is 11.7. The fourth-order valence-electron chi connectivity index (χ4n) is 2.50. The van der Waals surface area contributed by atoms with Gasteiger partial charge in [0, 0.05) is 18.9 Å². The highest BCUT2D eigenvalue weighted by molar-refractivity contribution is 6.05. The van der Waals surface area contributed by atoms with Crippen LogP contribution in [-0.4, -0.2) is 32.7 Å². The Morgan fingerprint density at radius 3 is 2.70 bits per heavy atom. The van der Waals surface area contributed by atoms with E-state index in [-0.39, 0.29) is 24.7 Å². The van der Waals surface area contributed by atoms with Gasteiger partial charge in [0.05, 0.1) is 18.7 Å². The minimum absolute atomic E-state index is 0.00806. The third-order valence-electron chi connectivity index (χ3n) is 3.51. The molecular formula is C15H15N3O2. The molecule has 1 aromatic heterocycles. The summed E-state index contributed by atoms with van der Waals surface area (Å²) in [4.78, 5) is 28.9. The van der Waals surface area contributed by atoms with Crippen LogP contribution >= 0.6 is 0 Å². The molecule has 1 saturated heterocycles. The number of imidazole rings is 1. The first-order valence-electron chi connectivity index (χ1n) is 6.53. The van der Waals surface area contributed by atoms with Gasteiger partial charge in [0.25, 0.3) is 0 Å². The van der Waals surface area contributed by atoms with Crippen molar-refractivity contribution in [1.29, 1.82) is 0 Å². The molecule has 2 heterocycles. The molecule has 1 aliphatic heterocycles. The molecule has 20 heavy (non-hydrogen) atoms. The number of para-hydroxylation sites is 1. The molecule has 0 spiro atoms. The highest BCUT2D eigenvalue weighted by Gasteiger charge is 2.27. The molecule has 0 unspecified atom stereocenters. The van der Waals surface area contributed by atoms with Gasteiger partial charge < -0.3 is 9.47 Å².